The van der Waals surface area contributed by atoms with Crippen LogP contribution in [0.4, 0.5) is 0 Å². The van der Waals surface area contributed by atoms with Crippen LogP contribution in [0.2, 0.25) is 0 Å². The molecule has 2 nitrogen and oxygen atoms in total. The second-order valence-electron chi connectivity index (χ2n) is 3.65. The van der Waals surface area contributed by atoms with Crippen molar-refractivity contribution in [3.8, 4) is 0 Å². The van der Waals surface area contributed by atoms with Gasteiger partial charge < -0.3 is 5.11 Å². The maximum Gasteiger partial charge on any atom is 0.133 e. The van der Waals surface area contributed by atoms with Crippen LogP contribution in [0.5, 0.6) is 0 Å². The van der Waals surface area contributed by atoms with E-state index in [4.69, 9.17) is 5.11 Å². The van der Waals surface area contributed by atoms with Crippen LogP contribution in [0.25, 0.3) is 0 Å². The zero-order chi connectivity index (χ0) is 11.3. The molecule has 0 fully saturated rings. The number of benzene rings is 1. The van der Waals surface area contributed by atoms with Crippen molar-refractivity contribution in [2.75, 3.05) is 6.61 Å². The Morgan fingerprint density at radius 1 is 1.53 bits per heavy atom. The Morgan fingerprint density at radius 2 is 2.27 bits per heavy atom. The van der Waals surface area contributed by atoms with Gasteiger partial charge >= 0.3 is 0 Å². The molecule has 0 aliphatic carbocycles. The van der Waals surface area contributed by atoms with E-state index >= 15 is 0 Å². The Balaban J connectivity index is 2.69. The molecule has 1 N–H and O–H groups in total. The van der Waals surface area contributed by atoms with E-state index < -0.39 is 0 Å². The summed E-state index contributed by atoms with van der Waals surface area (Å²) in [6, 6.07) is 7.92. The van der Waals surface area contributed by atoms with Crippen molar-refractivity contribution in [2.24, 2.45) is 5.92 Å². The fourth-order valence-corrected chi connectivity index (χ4v) is 2.00. The van der Waals surface area contributed by atoms with E-state index in [9.17, 15) is 4.79 Å². The van der Waals surface area contributed by atoms with Crippen LogP contribution in [0.3, 0.4) is 0 Å². The molecule has 0 radical (unpaired) electrons. The molecule has 1 rings (SSSR count). The second kappa shape index (κ2) is 6.03. The zero-order valence-electron chi connectivity index (χ0n) is 8.74. The molecule has 1 unspecified atom stereocenters. The van der Waals surface area contributed by atoms with Crippen molar-refractivity contribution in [1.29, 1.82) is 0 Å². The first-order valence-electron chi connectivity index (χ1n) is 4.99. The van der Waals surface area contributed by atoms with Gasteiger partial charge in [0.2, 0.25) is 0 Å². The minimum absolute atomic E-state index is 0.0655. The first-order chi connectivity index (χ1) is 7.13. The lowest BCUT2D eigenvalue weighted by atomic mass is 9.93. The topological polar surface area (TPSA) is 37.3 Å². The lowest BCUT2D eigenvalue weighted by Crippen LogP contribution is -2.15. The van der Waals surface area contributed by atoms with Gasteiger partial charge in [-0.1, -0.05) is 28.1 Å². The Kier molecular flexibility index (Phi) is 4.99. The summed E-state index contributed by atoms with van der Waals surface area (Å²) in [7, 11) is 0. The van der Waals surface area contributed by atoms with Crippen LogP contribution in [-0.4, -0.2) is 17.5 Å². The lowest BCUT2D eigenvalue weighted by molar-refractivity contribution is -0.121. The van der Waals surface area contributed by atoms with Gasteiger partial charge in [0.05, 0.1) is 0 Å². The Hall–Kier alpha value is -0.670. The van der Waals surface area contributed by atoms with E-state index in [1.807, 2.05) is 24.3 Å². The van der Waals surface area contributed by atoms with E-state index in [2.05, 4.69) is 15.9 Å². The molecular formula is C12H15BrO2. The molecule has 82 valence electrons. The Morgan fingerprint density at radius 3 is 2.80 bits per heavy atom. The maximum absolute atomic E-state index is 11.3. The zero-order valence-corrected chi connectivity index (χ0v) is 10.3. The smallest absolute Gasteiger partial charge is 0.133 e. The molecule has 0 aliphatic heterocycles. The predicted octanol–water partition coefficient (Wildman–Crippen LogP) is 2.58. The third kappa shape index (κ3) is 4.14. The summed E-state index contributed by atoms with van der Waals surface area (Å²) in [5.74, 6) is 0.0772. The molecule has 1 aromatic carbocycles. The Labute approximate surface area is 98.4 Å². The number of aliphatic hydroxyl groups excluding tert-OH is 1. The van der Waals surface area contributed by atoms with Crippen LogP contribution < -0.4 is 0 Å². The summed E-state index contributed by atoms with van der Waals surface area (Å²) < 4.78 is 1.02. The van der Waals surface area contributed by atoms with Gasteiger partial charge in [0, 0.05) is 17.0 Å². The number of ketones is 1. The number of Topliss-reactive ketones (excluding diaryl/α,β-unsaturated/α-hetero) is 1. The van der Waals surface area contributed by atoms with Crippen molar-refractivity contribution in [2.45, 2.75) is 19.8 Å². The summed E-state index contributed by atoms with van der Waals surface area (Å²) in [4.78, 5) is 11.3. The second-order valence-corrected chi connectivity index (χ2v) is 4.57. The number of halogens is 1. The highest BCUT2D eigenvalue weighted by molar-refractivity contribution is 9.10. The summed E-state index contributed by atoms with van der Waals surface area (Å²) in [6.45, 7) is 1.65. The van der Waals surface area contributed by atoms with Gasteiger partial charge in [-0.15, -0.1) is 0 Å². The third-order valence-electron chi connectivity index (χ3n) is 2.42. The van der Waals surface area contributed by atoms with Gasteiger partial charge in [0.1, 0.15) is 5.78 Å². The van der Waals surface area contributed by atoms with E-state index in [1.54, 1.807) is 6.92 Å². The Bertz CT molecular complexity index is 336. The number of hydrogen-bond acceptors (Lipinski definition) is 2. The number of hydrogen-bond donors (Lipinski definition) is 1. The lowest BCUT2D eigenvalue weighted by Gasteiger charge is -2.12. The number of rotatable bonds is 5. The molecule has 0 saturated heterocycles. The summed E-state index contributed by atoms with van der Waals surface area (Å²) in [6.07, 6.45) is 1.25. The van der Waals surface area contributed by atoms with Crippen LogP contribution in [-0.2, 0) is 11.2 Å². The average molecular weight is 271 g/mol. The molecule has 0 bridgehead atoms. The molecule has 0 aliphatic rings. The average Bonchev–Trinajstić information content (AvgIpc) is 2.17. The fraction of sp³-hybridized carbons (Fsp3) is 0.417. The molecule has 1 atom stereocenters. The standard InChI is InChI=1S/C12H15BrO2/c1-9(15)11(5-6-14)7-10-3-2-4-12(13)8-10/h2-4,8,11,14H,5-7H2,1H3. The summed E-state index contributed by atoms with van der Waals surface area (Å²) in [5, 5.41) is 8.86. The normalized spacial score (nSPS) is 12.5. The predicted molar refractivity (Wildman–Crippen MR) is 63.7 cm³/mol. The SMILES string of the molecule is CC(=O)C(CCO)Cc1cccc(Br)c1. The molecule has 3 heteroatoms. The van der Waals surface area contributed by atoms with E-state index in [0.29, 0.717) is 12.8 Å². The van der Waals surface area contributed by atoms with Gasteiger partial charge in [0.25, 0.3) is 0 Å². The van der Waals surface area contributed by atoms with Crippen LogP contribution in [0.15, 0.2) is 28.7 Å². The molecule has 0 spiro atoms. The minimum Gasteiger partial charge on any atom is -0.396 e. The third-order valence-corrected chi connectivity index (χ3v) is 2.92. The molecule has 15 heavy (non-hydrogen) atoms. The quantitative estimate of drug-likeness (QED) is 0.893. The van der Waals surface area contributed by atoms with Crippen LogP contribution in [0, 0.1) is 5.92 Å². The van der Waals surface area contributed by atoms with Crippen molar-refractivity contribution in [1.82, 2.24) is 0 Å². The molecule has 0 heterocycles. The molecule has 0 amide bonds. The molecule has 0 aromatic heterocycles. The van der Waals surface area contributed by atoms with Crippen molar-refractivity contribution in [3.05, 3.63) is 34.3 Å². The minimum atomic E-state index is -0.0655. The first kappa shape index (κ1) is 12.4. The van der Waals surface area contributed by atoms with Gasteiger partial charge in [-0.2, -0.15) is 0 Å². The molecule has 0 saturated carbocycles. The van der Waals surface area contributed by atoms with Crippen molar-refractivity contribution < 1.29 is 9.90 Å². The highest BCUT2D eigenvalue weighted by Crippen LogP contribution is 2.17. The largest absolute Gasteiger partial charge is 0.396 e. The summed E-state index contributed by atoms with van der Waals surface area (Å²) >= 11 is 3.39. The van der Waals surface area contributed by atoms with E-state index in [-0.39, 0.29) is 18.3 Å². The van der Waals surface area contributed by atoms with Crippen LogP contribution in [0.1, 0.15) is 18.9 Å². The van der Waals surface area contributed by atoms with E-state index in [0.717, 1.165) is 10.0 Å². The fourth-order valence-electron chi connectivity index (χ4n) is 1.55. The van der Waals surface area contributed by atoms with Crippen molar-refractivity contribution >= 4 is 21.7 Å². The highest BCUT2D eigenvalue weighted by atomic mass is 79.9. The monoisotopic (exact) mass is 270 g/mol. The van der Waals surface area contributed by atoms with Gasteiger partial charge in [0.15, 0.2) is 0 Å². The first-order valence-corrected chi connectivity index (χ1v) is 5.78. The molecule has 1 aromatic rings. The van der Waals surface area contributed by atoms with E-state index in [1.165, 1.54) is 0 Å². The highest BCUT2D eigenvalue weighted by Gasteiger charge is 2.14. The van der Waals surface area contributed by atoms with Gasteiger partial charge in [-0.05, 0) is 37.5 Å². The van der Waals surface area contributed by atoms with Gasteiger partial charge in [-0.25, -0.2) is 0 Å². The molecular weight excluding hydrogens is 256 g/mol. The maximum atomic E-state index is 11.3. The van der Waals surface area contributed by atoms with Crippen LogP contribution >= 0.6 is 15.9 Å². The number of carbonyl (C=O) groups excluding carboxylic acids is 1. The number of aliphatic hydroxyl groups is 1. The number of carbonyl (C=O) groups is 1. The summed E-state index contributed by atoms with van der Waals surface area (Å²) in [5.41, 5.74) is 1.12. The van der Waals surface area contributed by atoms with Crippen molar-refractivity contribution in [3.63, 3.8) is 0 Å². The van der Waals surface area contributed by atoms with Gasteiger partial charge in [-0.3, -0.25) is 4.79 Å².